The zero-order chi connectivity index (χ0) is 54.4. The van der Waals surface area contributed by atoms with Gasteiger partial charge in [0.15, 0.2) is 11.7 Å². The van der Waals surface area contributed by atoms with Crippen LogP contribution in [-0.4, -0.2) is 135 Å². The summed E-state index contributed by atoms with van der Waals surface area (Å²) in [7, 11) is 0. The lowest BCUT2D eigenvalue weighted by Gasteiger charge is -2.31. The molecule has 75 heavy (non-hydrogen) atoms. The minimum absolute atomic E-state index is 0.00234. The number of aliphatic imine (C=N–C) groups is 1. The van der Waals surface area contributed by atoms with Gasteiger partial charge in [-0.1, -0.05) is 88.1 Å². The summed E-state index contributed by atoms with van der Waals surface area (Å²) in [4.78, 5) is 135. The van der Waals surface area contributed by atoms with Gasteiger partial charge in [-0.2, -0.15) is 0 Å². The normalized spacial score (nSPS) is 23.4. The molecule has 2 aliphatic heterocycles. The quantitative estimate of drug-likeness (QED) is 0.0526. The van der Waals surface area contributed by atoms with Crippen molar-refractivity contribution in [2.75, 3.05) is 13.1 Å². The molecule has 408 valence electrons. The van der Waals surface area contributed by atoms with Crippen LogP contribution in [0.2, 0.25) is 0 Å². The number of amides is 7. The van der Waals surface area contributed by atoms with Gasteiger partial charge in [0.2, 0.25) is 41.4 Å². The van der Waals surface area contributed by atoms with Crippen molar-refractivity contribution >= 4 is 69.8 Å². The van der Waals surface area contributed by atoms with Crippen LogP contribution in [0.15, 0.2) is 65.8 Å². The molecular weight excluding hydrogens is 963 g/mol. The number of aliphatic hydroxyl groups excluding tert-OH is 1. The molecule has 2 saturated heterocycles. The lowest BCUT2D eigenvalue weighted by atomic mass is 9.99. The van der Waals surface area contributed by atoms with Crippen LogP contribution in [0.5, 0.6) is 0 Å². The van der Waals surface area contributed by atoms with Crippen molar-refractivity contribution in [2.45, 2.75) is 178 Å². The van der Waals surface area contributed by atoms with E-state index in [0.717, 1.165) is 22.2 Å². The number of rotatable bonds is 17. The molecule has 0 saturated carbocycles. The topological polar surface area (TPSA) is 329 Å². The van der Waals surface area contributed by atoms with Crippen molar-refractivity contribution in [3.05, 3.63) is 71.9 Å². The Morgan fingerprint density at radius 1 is 0.787 bits per heavy atom. The van der Waals surface area contributed by atoms with Gasteiger partial charge < -0.3 is 58.4 Å². The van der Waals surface area contributed by atoms with Crippen LogP contribution in [0.3, 0.4) is 0 Å². The Balaban J connectivity index is 1.52. The van der Waals surface area contributed by atoms with E-state index in [2.05, 4.69) is 41.9 Å². The van der Waals surface area contributed by atoms with E-state index in [0.29, 0.717) is 43.2 Å². The van der Waals surface area contributed by atoms with Gasteiger partial charge in [0.05, 0.1) is 12.1 Å². The van der Waals surface area contributed by atoms with E-state index in [4.69, 9.17) is 11.5 Å². The lowest BCUT2D eigenvalue weighted by Crippen LogP contribution is -2.60. The van der Waals surface area contributed by atoms with E-state index < -0.39 is 83.8 Å². The Labute approximate surface area is 438 Å². The smallest absolute Gasteiger partial charge is 0.245 e. The van der Waals surface area contributed by atoms with Gasteiger partial charge in [-0.3, -0.25) is 48.1 Å². The summed E-state index contributed by atoms with van der Waals surface area (Å²) in [6.45, 7) is 4.91. The van der Waals surface area contributed by atoms with Gasteiger partial charge in [-0.25, -0.2) is 0 Å². The first-order chi connectivity index (χ1) is 36.0. The molecule has 0 bridgehead atoms. The number of fused-ring (bicyclic) bond motifs is 2. The van der Waals surface area contributed by atoms with Crippen molar-refractivity contribution < 1.29 is 48.3 Å². The number of Topliss-reactive ketones (excluding diaryl/α,β-unsaturated/α-hetero) is 2. The highest BCUT2D eigenvalue weighted by atomic mass is 16.3. The molecule has 12 N–H and O–H groups in total. The monoisotopic (exact) mass is 1040 g/mol. The molecule has 2 fully saturated rings. The fourth-order valence-corrected chi connectivity index (χ4v) is 9.51. The maximum absolute atomic E-state index is 14.7. The third kappa shape index (κ3) is 18.3. The molecular formula is C54H77N11O10. The number of aromatic amines is 1. The minimum atomic E-state index is -1.37. The van der Waals surface area contributed by atoms with Gasteiger partial charge >= 0.3 is 0 Å². The predicted molar refractivity (Wildman–Crippen MR) is 282 cm³/mol. The second kappa shape index (κ2) is 29.7. The Hall–Kier alpha value is -7.16. The summed E-state index contributed by atoms with van der Waals surface area (Å²) < 4.78 is 0. The van der Waals surface area contributed by atoms with Crippen LogP contribution in [-0.2, 0) is 56.0 Å². The summed E-state index contributed by atoms with van der Waals surface area (Å²) >= 11 is 0. The molecule has 0 unspecified atom stereocenters. The first-order valence-corrected chi connectivity index (χ1v) is 26.4. The number of ketones is 2. The number of aliphatic hydroxyl groups is 1. The zero-order valence-corrected chi connectivity index (χ0v) is 43.5. The Morgan fingerprint density at radius 2 is 1.47 bits per heavy atom. The minimum Gasteiger partial charge on any atom is -0.391 e. The number of hydrogen-bond acceptors (Lipinski definition) is 11. The molecule has 0 radical (unpaired) electrons. The second-order valence-electron chi connectivity index (χ2n) is 19.7. The van der Waals surface area contributed by atoms with E-state index in [9.17, 15) is 48.3 Å². The molecule has 2 aromatic carbocycles. The number of carbonyl (C=O) groups is 9. The highest BCUT2D eigenvalue weighted by Gasteiger charge is 2.43. The van der Waals surface area contributed by atoms with E-state index in [1.54, 1.807) is 36.5 Å². The van der Waals surface area contributed by atoms with Gasteiger partial charge in [0.25, 0.3) is 0 Å². The van der Waals surface area contributed by atoms with Crippen molar-refractivity contribution in [3.8, 4) is 0 Å². The Kier molecular flexibility index (Phi) is 23.2. The molecule has 21 nitrogen and oxygen atoms in total. The van der Waals surface area contributed by atoms with Gasteiger partial charge in [0, 0.05) is 68.7 Å². The number of carbonyl (C=O) groups excluding carboxylic acids is 9. The molecule has 3 aromatic rings. The Bertz CT molecular complexity index is 2480. The molecule has 3 heterocycles. The van der Waals surface area contributed by atoms with E-state index >= 15 is 0 Å². The number of hydrogen-bond donors (Lipinski definition) is 10. The highest BCUT2D eigenvalue weighted by molar-refractivity contribution is 5.98. The molecule has 5 rings (SSSR count). The fourth-order valence-electron chi connectivity index (χ4n) is 9.51. The molecule has 8 atom stereocenters. The van der Waals surface area contributed by atoms with Gasteiger partial charge in [-0.15, -0.1) is 0 Å². The number of para-hydroxylation sites is 1. The lowest BCUT2D eigenvalue weighted by molar-refractivity contribution is -0.143. The number of nitrogens with two attached hydrogens (primary N) is 2. The van der Waals surface area contributed by atoms with Crippen molar-refractivity contribution in [2.24, 2.45) is 16.5 Å². The standard InChI is InChI=1S/C54H77N11O10/c1-4-6-21-41(59-47(69)16-5-2)48(70)62-43-26-25-36(67)19-11-8-12-22-39(33(3)66)60-51(73)45(29-35-31-58-40-23-14-13-20-38(35)40)63-49(71)42(24-15-27-57-54(55)56)61-50(72)44(28-34-17-9-7-10-18-34)64-52(74)46-30-37(68)32-65(46)53(43)75/h7,9-10,13-14,17-18,20,23,31,37,39,41-46,58,68H,4-6,8,11-12,15-16,19,21-22,24-30,32H2,1-3H3,(H,59,69)(H,60,73)(H,61,72)(H,62,70)(H,63,71)(H,64,74)(H4,55,56,57)/t37-,39+,41+,42+,43+,44-,45+,46+/m1/s1. The summed E-state index contributed by atoms with van der Waals surface area (Å²) in [5, 5.41) is 28.7. The summed E-state index contributed by atoms with van der Waals surface area (Å²) in [6, 6.07) is 7.68. The third-order valence-electron chi connectivity index (χ3n) is 13.6. The van der Waals surface area contributed by atoms with Gasteiger partial charge in [0.1, 0.15) is 42.0 Å². The van der Waals surface area contributed by atoms with Crippen LogP contribution in [0.25, 0.3) is 10.9 Å². The first kappa shape index (κ1) is 58.7. The van der Waals surface area contributed by atoms with E-state index in [1.807, 2.05) is 38.1 Å². The van der Waals surface area contributed by atoms with Crippen molar-refractivity contribution in [3.63, 3.8) is 0 Å². The van der Waals surface area contributed by atoms with Crippen LogP contribution in [0.4, 0.5) is 0 Å². The zero-order valence-electron chi connectivity index (χ0n) is 43.5. The number of nitrogens with zero attached hydrogens (tertiary/aromatic N) is 2. The largest absolute Gasteiger partial charge is 0.391 e. The molecule has 21 heteroatoms. The van der Waals surface area contributed by atoms with Crippen LogP contribution >= 0.6 is 0 Å². The fraction of sp³-hybridized carbons (Fsp3) is 0.556. The van der Waals surface area contributed by atoms with E-state index in [-0.39, 0.29) is 107 Å². The first-order valence-electron chi connectivity index (χ1n) is 26.4. The number of benzene rings is 2. The van der Waals surface area contributed by atoms with Crippen LogP contribution < -0.4 is 43.4 Å². The maximum Gasteiger partial charge on any atom is 0.245 e. The average Bonchev–Trinajstić information content (AvgIpc) is 3.99. The number of unbranched alkanes of at least 4 members (excludes halogenated alkanes) is 1. The summed E-state index contributed by atoms with van der Waals surface area (Å²) in [5.41, 5.74) is 13.3. The molecule has 1 aromatic heterocycles. The summed E-state index contributed by atoms with van der Waals surface area (Å²) in [5.74, 6) is -5.40. The number of guanidine groups is 1. The van der Waals surface area contributed by atoms with Crippen molar-refractivity contribution in [1.29, 1.82) is 0 Å². The number of aromatic nitrogens is 1. The Morgan fingerprint density at radius 3 is 2.19 bits per heavy atom. The molecule has 0 aliphatic carbocycles. The summed E-state index contributed by atoms with van der Waals surface area (Å²) in [6.07, 6.45) is 4.21. The van der Waals surface area contributed by atoms with Crippen LogP contribution in [0.1, 0.15) is 128 Å². The molecule has 2 aliphatic rings. The number of nitrogens with one attached hydrogen (secondary N) is 7. The number of H-pyrrole nitrogens is 1. The van der Waals surface area contributed by atoms with Crippen LogP contribution in [0, 0.1) is 0 Å². The second-order valence-corrected chi connectivity index (χ2v) is 19.7. The van der Waals surface area contributed by atoms with E-state index in [1.165, 1.54) is 6.92 Å². The SMILES string of the molecule is CCCC[C@H](NC(=O)CCC)C(=O)N[C@H]1CCC(=O)CCCCC[C@@H](C(C)=O)NC(=O)[C@H](Cc2c[nH]c3ccccc23)NC(=O)[C@H](CCCN=C(N)N)NC(=O)[C@@H](Cc2ccccc2)NC(=O)[C@@H]2C[C@@H](O)CN2C1=O. The average molecular weight is 1040 g/mol. The highest BCUT2D eigenvalue weighted by Crippen LogP contribution is 2.23. The third-order valence-corrected chi connectivity index (χ3v) is 13.6. The molecule has 0 spiro atoms. The molecule has 7 amide bonds. The predicted octanol–water partition coefficient (Wildman–Crippen LogP) is 1.77. The maximum atomic E-state index is 14.7. The van der Waals surface area contributed by atoms with Gasteiger partial charge in [-0.05, 0) is 69.1 Å². The van der Waals surface area contributed by atoms with Crippen molar-refractivity contribution in [1.82, 2.24) is 41.8 Å².